The maximum absolute atomic E-state index is 12.7. The van der Waals surface area contributed by atoms with Gasteiger partial charge in [-0.05, 0) is 29.2 Å². The van der Waals surface area contributed by atoms with E-state index in [1.54, 1.807) is 24.3 Å². The molecule has 26 heavy (non-hydrogen) atoms. The molecule has 0 unspecified atom stereocenters. The maximum Gasteiger partial charge on any atom is 0.261 e. The highest BCUT2D eigenvalue weighted by molar-refractivity contribution is 7.80. The van der Waals surface area contributed by atoms with E-state index in [1.165, 1.54) is 12.3 Å². The van der Waals surface area contributed by atoms with Gasteiger partial charge in [0.2, 0.25) is 5.43 Å². The van der Waals surface area contributed by atoms with Crippen molar-refractivity contribution in [3.63, 3.8) is 0 Å². The topological polar surface area (TPSA) is 82.2 Å². The zero-order valence-electron chi connectivity index (χ0n) is 14.8. The zero-order chi connectivity index (χ0) is 19.1. The Bertz CT molecular complexity index is 1060. The Balaban J connectivity index is 2.05. The average molecular weight is 368 g/mol. The van der Waals surface area contributed by atoms with Crippen LogP contribution < -0.4 is 10.7 Å². The molecule has 0 aliphatic carbocycles. The molecule has 6 heteroatoms. The highest BCUT2D eigenvalue weighted by Gasteiger charge is 2.22. The number of carbonyl (C=O) groups excluding carboxylic acids is 1. The van der Waals surface area contributed by atoms with Gasteiger partial charge in [-0.3, -0.25) is 9.59 Å². The highest BCUT2D eigenvalue weighted by atomic mass is 32.1. The minimum Gasteiger partial charge on any atom is -0.507 e. The van der Waals surface area contributed by atoms with Crippen LogP contribution in [-0.4, -0.2) is 16.0 Å². The third-order valence-corrected chi connectivity index (χ3v) is 4.56. The van der Waals surface area contributed by atoms with Gasteiger partial charge in [0.05, 0.1) is 0 Å². The molecule has 0 spiro atoms. The first kappa shape index (κ1) is 18.1. The van der Waals surface area contributed by atoms with E-state index < -0.39 is 5.91 Å². The van der Waals surface area contributed by atoms with Crippen LogP contribution in [0.25, 0.3) is 10.9 Å². The summed E-state index contributed by atoms with van der Waals surface area (Å²) in [5, 5.41) is 13.2. The molecule has 0 atom stereocenters. The standard InChI is InChI=1S/C20H20N2O3S/c1-20(2,3)13-8-17(26)16(23)9-15(13)22-19(25)12-10-21-14-7-5-4-6-11(14)18(12)24/h4-10,23,26H,1-3H3,(H,21,24)(H,22,25). The van der Waals surface area contributed by atoms with Crippen LogP contribution in [0.3, 0.4) is 0 Å². The summed E-state index contributed by atoms with van der Waals surface area (Å²) in [4.78, 5) is 28.7. The van der Waals surface area contributed by atoms with E-state index in [2.05, 4.69) is 22.9 Å². The van der Waals surface area contributed by atoms with E-state index in [0.29, 0.717) is 21.5 Å². The lowest BCUT2D eigenvalue weighted by Gasteiger charge is -2.24. The second kappa shape index (κ2) is 6.53. The molecular formula is C20H20N2O3S. The Kier molecular flexibility index (Phi) is 4.54. The summed E-state index contributed by atoms with van der Waals surface area (Å²) >= 11 is 4.25. The Morgan fingerprint density at radius 3 is 2.58 bits per heavy atom. The molecule has 1 amide bonds. The quantitative estimate of drug-likeness (QED) is 0.515. The predicted octanol–water partition coefficient (Wildman–Crippen LogP) is 4.07. The van der Waals surface area contributed by atoms with Gasteiger partial charge in [0.25, 0.3) is 5.91 Å². The van der Waals surface area contributed by atoms with E-state index in [-0.39, 0.29) is 22.2 Å². The van der Waals surface area contributed by atoms with Gasteiger partial charge < -0.3 is 15.4 Å². The van der Waals surface area contributed by atoms with Crippen molar-refractivity contribution in [1.82, 2.24) is 4.98 Å². The Morgan fingerprint density at radius 2 is 1.88 bits per heavy atom. The van der Waals surface area contributed by atoms with E-state index >= 15 is 0 Å². The zero-order valence-corrected chi connectivity index (χ0v) is 15.6. The first-order valence-corrected chi connectivity index (χ1v) is 8.61. The largest absolute Gasteiger partial charge is 0.507 e. The number of aromatic amines is 1. The van der Waals surface area contributed by atoms with Crippen molar-refractivity contribution < 1.29 is 9.90 Å². The number of fused-ring (bicyclic) bond motifs is 1. The highest BCUT2D eigenvalue weighted by Crippen LogP contribution is 2.36. The molecule has 0 radical (unpaired) electrons. The van der Waals surface area contributed by atoms with Gasteiger partial charge >= 0.3 is 0 Å². The summed E-state index contributed by atoms with van der Waals surface area (Å²) < 4.78 is 0. The number of hydrogen-bond acceptors (Lipinski definition) is 4. The molecule has 2 aromatic carbocycles. The molecule has 0 bridgehead atoms. The number of phenolic OH excluding ortho intramolecular Hbond substituents is 1. The third kappa shape index (κ3) is 3.32. The van der Waals surface area contributed by atoms with Crippen LogP contribution in [0.5, 0.6) is 5.75 Å². The number of aromatic hydroxyl groups is 1. The lowest BCUT2D eigenvalue weighted by molar-refractivity contribution is 0.102. The number of anilines is 1. The minimum atomic E-state index is -0.534. The number of benzene rings is 2. The van der Waals surface area contributed by atoms with Gasteiger partial charge in [0.1, 0.15) is 11.3 Å². The molecule has 3 aromatic rings. The van der Waals surface area contributed by atoms with Crippen molar-refractivity contribution in [2.45, 2.75) is 31.1 Å². The Morgan fingerprint density at radius 1 is 1.19 bits per heavy atom. The van der Waals surface area contributed by atoms with Gasteiger partial charge in [0.15, 0.2) is 0 Å². The number of carbonyl (C=O) groups is 1. The van der Waals surface area contributed by atoms with Crippen LogP contribution in [0.4, 0.5) is 5.69 Å². The lowest BCUT2D eigenvalue weighted by atomic mass is 9.85. The Labute approximate surface area is 156 Å². The fraction of sp³-hybridized carbons (Fsp3) is 0.200. The van der Waals surface area contributed by atoms with Gasteiger partial charge in [-0.1, -0.05) is 32.9 Å². The number of hydrogen-bond donors (Lipinski definition) is 4. The first-order valence-electron chi connectivity index (χ1n) is 8.16. The number of para-hydroxylation sites is 1. The third-order valence-electron chi connectivity index (χ3n) is 4.20. The van der Waals surface area contributed by atoms with Crippen LogP contribution in [-0.2, 0) is 5.41 Å². The molecular weight excluding hydrogens is 348 g/mol. The van der Waals surface area contributed by atoms with Crippen molar-refractivity contribution in [3.05, 3.63) is 63.9 Å². The number of rotatable bonds is 2. The van der Waals surface area contributed by atoms with Crippen molar-refractivity contribution in [2.75, 3.05) is 5.32 Å². The number of thiol groups is 1. The summed E-state index contributed by atoms with van der Waals surface area (Å²) in [5.41, 5.74) is 1.31. The number of phenols is 1. The van der Waals surface area contributed by atoms with Crippen LogP contribution >= 0.6 is 12.6 Å². The van der Waals surface area contributed by atoms with Gasteiger partial charge in [-0.2, -0.15) is 0 Å². The summed E-state index contributed by atoms with van der Waals surface area (Å²) in [6.07, 6.45) is 1.41. The fourth-order valence-corrected chi connectivity index (χ4v) is 3.02. The molecule has 0 aliphatic rings. The molecule has 5 nitrogen and oxygen atoms in total. The summed E-state index contributed by atoms with van der Waals surface area (Å²) in [6.45, 7) is 5.97. The second-order valence-corrected chi connectivity index (χ2v) is 7.65. The molecule has 3 rings (SSSR count). The molecule has 134 valence electrons. The van der Waals surface area contributed by atoms with Gasteiger partial charge in [-0.25, -0.2) is 0 Å². The van der Waals surface area contributed by atoms with Crippen LogP contribution in [0.15, 0.2) is 52.3 Å². The van der Waals surface area contributed by atoms with Crippen LogP contribution in [0.1, 0.15) is 36.7 Å². The maximum atomic E-state index is 12.7. The summed E-state index contributed by atoms with van der Waals surface area (Å²) in [5.74, 6) is -0.571. The van der Waals surface area contributed by atoms with E-state index in [1.807, 2.05) is 26.8 Å². The number of aromatic nitrogens is 1. The first-order chi connectivity index (χ1) is 12.2. The molecule has 3 N–H and O–H groups in total. The normalized spacial score (nSPS) is 11.5. The van der Waals surface area contributed by atoms with Gasteiger partial charge in [0, 0.05) is 33.7 Å². The molecule has 0 fully saturated rings. The second-order valence-electron chi connectivity index (χ2n) is 7.17. The minimum absolute atomic E-state index is 0.0120. The van der Waals surface area contributed by atoms with Gasteiger partial charge in [-0.15, -0.1) is 12.6 Å². The fourth-order valence-electron chi connectivity index (χ4n) is 2.83. The van der Waals surface area contributed by atoms with E-state index in [0.717, 1.165) is 5.56 Å². The van der Waals surface area contributed by atoms with Crippen LogP contribution in [0, 0.1) is 0 Å². The summed E-state index contributed by atoms with van der Waals surface area (Å²) in [6, 6.07) is 10.2. The van der Waals surface area contributed by atoms with Crippen LogP contribution in [0.2, 0.25) is 0 Å². The molecule has 0 aliphatic heterocycles. The molecule has 1 heterocycles. The molecule has 1 aromatic heterocycles. The Hall–Kier alpha value is -2.73. The van der Waals surface area contributed by atoms with E-state index in [4.69, 9.17) is 0 Å². The van der Waals surface area contributed by atoms with Crippen molar-refractivity contribution in [2.24, 2.45) is 0 Å². The van der Waals surface area contributed by atoms with Crippen molar-refractivity contribution >= 4 is 35.1 Å². The monoisotopic (exact) mass is 368 g/mol. The number of H-pyrrole nitrogens is 1. The predicted molar refractivity (Wildman–Crippen MR) is 107 cm³/mol. The SMILES string of the molecule is CC(C)(C)c1cc(S)c(O)cc1NC(=O)c1c[nH]c2ccccc2c1=O. The average Bonchev–Trinajstić information content (AvgIpc) is 2.57. The van der Waals surface area contributed by atoms with Crippen molar-refractivity contribution in [1.29, 1.82) is 0 Å². The van der Waals surface area contributed by atoms with E-state index in [9.17, 15) is 14.7 Å². The number of amides is 1. The molecule has 0 saturated carbocycles. The van der Waals surface area contributed by atoms with Crippen molar-refractivity contribution in [3.8, 4) is 5.75 Å². The lowest BCUT2D eigenvalue weighted by Crippen LogP contribution is -2.24. The molecule has 0 saturated heterocycles. The number of pyridine rings is 1. The summed E-state index contributed by atoms with van der Waals surface area (Å²) in [7, 11) is 0. The smallest absolute Gasteiger partial charge is 0.261 e. The number of nitrogens with one attached hydrogen (secondary N) is 2.